The largest absolute Gasteiger partial charge is 0.506 e. The number of benzene rings is 3. The maximum Gasteiger partial charge on any atom is 0.217 e. The van der Waals surface area contributed by atoms with Crippen molar-refractivity contribution in [1.29, 1.82) is 0 Å². The van der Waals surface area contributed by atoms with Gasteiger partial charge in [0.1, 0.15) is 17.1 Å². The number of carbonyl (C=O) groups is 2. The summed E-state index contributed by atoms with van der Waals surface area (Å²) >= 11 is 6.60. The van der Waals surface area contributed by atoms with Crippen LogP contribution in [0.25, 0.3) is 11.0 Å². The average molecular weight is 599 g/mol. The number of halogens is 2. The Hall–Kier alpha value is -2.90. The number of hydrogen-bond acceptors (Lipinski definition) is 4. The molecule has 5 nitrogen and oxygen atoms in total. The van der Waals surface area contributed by atoms with Gasteiger partial charge in [0.05, 0.1) is 14.5 Å². The van der Waals surface area contributed by atoms with E-state index in [0.29, 0.717) is 44.3 Å². The Balaban J connectivity index is 1.64. The number of phenols is 1. The van der Waals surface area contributed by atoms with Crippen molar-refractivity contribution in [1.82, 2.24) is 0 Å². The van der Waals surface area contributed by atoms with Crippen LogP contribution in [-0.4, -0.2) is 16.8 Å². The van der Waals surface area contributed by atoms with E-state index >= 15 is 0 Å². The summed E-state index contributed by atoms with van der Waals surface area (Å²) in [6, 6.07) is 19.5. The molecule has 0 fully saturated rings. The highest BCUT2D eigenvalue weighted by Gasteiger charge is 2.23. The maximum atomic E-state index is 13.6. The lowest BCUT2D eigenvalue weighted by Crippen LogP contribution is -2.10. The van der Waals surface area contributed by atoms with Gasteiger partial charge in [0.2, 0.25) is 5.91 Å². The summed E-state index contributed by atoms with van der Waals surface area (Å²) in [5, 5.41) is 10.8. The molecule has 0 atom stereocenters. The van der Waals surface area contributed by atoms with Crippen LogP contribution in [-0.2, 0) is 24.1 Å². The Morgan fingerprint density at radius 3 is 2.23 bits per heavy atom. The number of phenolic OH excluding ortho intramolecular Hbond substituents is 1. The predicted molar refractivity (Wildman–Crippen MR) is 144 cm³/mol. The molecule has 0 spiro atoms. The van der Waals surface area contributed by atoms with E-state index in [2.05, 4.69) is 44.0 Å². The standard InChI is InChI=1S/C28H25Br2NO4/c29-21-15-19(16-22(30)28(21)34)27(33)26-20-13-12-18(9-4-8-17-6-2-1-3-7-17)14-24(20)35-23(26)10-5-11-25(31)32/h1-3,6-7,12-16,34H,4-5,8-11H2,(H2,31,32). The predicted octanol–water partition coefficient (Wildman–Crippen LogP) is 6.88. The van der Waals surface area contributed by atoms with Crippen molar-refractivity contribution in [3.63, 3.8) is 0 Å². The molecule has 1 heterocycles. The first-order chi connectivity index (χ1) is 16.8. The van der Waals surface area contributed by atoms with E-state index in [-0.39, 0.29) is 23.9 Å². The number of furan rings is 1. The third-order valence-electron chi connectivity index (χ3n) is 5.93. The molecule has 0 aliphatic heterocycles. The summed E-state index contributed by atoms with van der Waals surface area (Å²) < 4.78 is 7.00. The first-order valence-corrected chi connectivity index (χ1v) is 13.0. The van der Waals surface area contributed by atoms with Crippen LogP contribution in [0.15, 0.2) is 74.0 Å². The quantitative estimate of drug-likeness (QED) is 0.195. The smallest absolute Gasteiger partial charge is 0.217 e. The minimum absolute atomic E-state index is 0.0282. The molecule has 7 heteroatoms. The molecule has 0 saturated heterocycles. The van der Waals surface area contributed by atoms with Gasteiger partial charge in [0.15, 0.2) is 5.78 Å². The molecule has 0 bridgehead atoms. The lowest BCUT2D eigenvalue weighted by Gasteiger charge is -2.07. The van der Waals surface area contributed by atoms with Gasteiger partial charge in [0, 0.05) is 23.8 Å². The molecule has 0 unspecified atom stereocenters. The average Bonchev–Trinajstić information content (AvgIpc) is 3.19. The van der Waals surface area contributed by atoms with E-state index in [9.17, 15) is 14.7 Å². The molecule has 0 saturated carbocycles. The minimum atomic E-state index is -0.388. The van der Waals surface area contributed by atoms with Crippen molar-refractivity contribution in [2.45, 2.75) is 38.5 Å². The van der Waals surface area contributed by atoms with Crippen LogP contribution in [0.4, 0.5) is 0 Å². The van der Waals surface area contributed by atoms with Crippen molar-refractivity contribution >= 4 is 54.5 Å². The number of aromatic hydroxyl groups is 1. The Bertz CT molecular complexity index is 1360. The number of ketones is 1. The van der Waals surface area contributed by atoms with Gasteiger partial charge >= 0.3 is 0 Å². The third kappa shape index (κ3) is 6.03. The number of fused-ring (bicyclic) bond motifs is 1. The maximum absolute atomic E-state index is 13.6. The Morgan fingerprint density at radius 2 is 1.54 bits per heavy atom. The van der Waals surface area contributed by atoms with Gasteiger partial charge in [-0.2, -0.15) is 0 Å². The summed E-state index contributed by atoms with van der Waals surface area (Å²) in [5.74, 6) is -0.0365. The molecule has 0 aliphatic rings. The van der Waals surface area contributed by atoms with Gasteiger partial charge in [-0.05, 0) is 86.9 Å². The summed E-state index contributed by atoms with van der Waals surface area (Å²) in [6.45, 7) is 0. The van der Waals surface area contributed by atoms with Crippen LogP contribution in [0.2, 0.25) is 0 Å². The lowest BCUT2D eigenvalue weighted by atomic mass is 9.97. The van der Waals surface area contributed by atoms with Crippen molar-refractivity contribution < 1.29 is 19.1 Å². The van der Waals surface area contributed by atoms with E-state index < -0.39 is 0 Å². The second kappa shape index (κ2) is 11.2. The van der Waals surface area contributed by atoms with E-state index in [1.165, 1.54) is 5.56 Å². The molecule has 3 N–H and O–H groups in total. The molecular weight excluding hydrogens is 574 g/mol. The topological polar surface area (TPSA) is 93.5 Å². The van der Waals surface area contributed by atoms with Crippen LogP contribution in [0, 0.1) is 0 Å². The third-order valence-corrected chi connectivity index (χ3v) is 7.14. The minimum Gasteiger partial charge on any atom is -0.506 e. The second-order valence-corrected chi connectivity index (χ2v) is 10.2. The summed E-state index contributed by atoms with van der Waals surface area (Å²) in [4.78, 5) is 24.8. The molecule has 4 rings (SSSR count). The number of primary amides is 1. The summed E-state index contributed by atoms with van der Waals surface area (Å²) in [6.07, 6.45) is 4.01. The number of aryl methyl sites for hydroxylation is 3. The van der Waals surface area contributed by atoms with E-state index in [1.807, 2.05) is 36.4 Å². The van der Waals surface area contributed by atoms with Gasteiger partial charge in [-0.25, -0.2) is 0 Å². The molecule has 180 valence electrons. The number of nitrogens with two attached hydrogens (primary N) is 1. The zero-order valence-corrected chi connectivity index (χ0v) is 22.2. The zero-order chi connectivity index (χ0) is 24.9. The van der Waals surface area contributed by atoms with Crippen LogP contribution in [0.3, 0.4) is 0 Å². The fraction of sp³-hybridized carbons (Fsp3) is 0.214. The molecule has 0 radical (unpaired) electrons. The van der Waals surface area contributed by atoms with Gasteiger partial charge < -0.3 is 15.3 Å². The molecule has 1 aromatic heterocycles. The number of amides is 1. The van der Waals surface area contributed by atoms with E-state index in [0.717, 1.165) is 30.2 Å². The van der Waals surface area contributed by atoms with Crippen LogP contribution < -0.4 is 5.73 Å². The van der Waals surface area contributed by atoms with Gasteiger partial charge in [-0.1, -0.05) is 42.5 Å². The van der Waals surface area contributed by atoms with E-state index in [1.54, 1.807) is 12.1 Å². The van der Waals surface area contributed by atoms with Crippen molar-refractivity contribution in [2.75, 3.05) is 0 Å². The van der Waals surface area contributed by atoms with Gasteiger partial charge in [-0.15, -0.1) is 0 Å². The second-order valence-electron chi connectivity index (χ2n) is 8.51. The Kier molecular flexibility index (Phi) is 8.08. The number of rotatable bonds is 10. The Morgan fingerprint density at radius 1 is 0.857 bits per heavy atom. The highest BCUT2D eigenvalue weighted by molar-refractivity contribution is 9.11. The van der Waals surface area contributed by atoms with E-state index in [4.69, 9.17) is 10.2 Å². The SMILES string of the molecule is NC(=O)CCCc1oc2cc(CCCc3ccccc3)ccc2c1C(=O)c1cc(Br)c(O)c(Br)c1. The first-order valence-electron chi connectivity index (χ1n) is 11.4. The lowest BCUT2D eigenvalue weighted by molar-refractivity contribution is -0.118. The monoisotopic (exact) mass is 597 g/mol. The van der Waals surface area contributed by atoms with Crippen LogP contribution in [0.5, 0.6) is 5.75 Å². The first kappa shape index (κ1) is 25.2. The Labute approximate surface area is 220 Å². The molecule has 35 heavy (non-hydrogen) atoms. The molecule has 1 amide bonds. The fourth-order valence-corrected chi connectivity index (χ4v) is 5.36. The highest BCUT2D eigenvalue weighted by Crippen LogP contribution is 2.36. The van der Waals surface area contributed by atoms with Crippen LogP contribution >= 0.6 is 31.9 Å². The summed E-state index contributed by atoms with van der Waals surface area (Å²) in [5.41, 5.74) is 9.29. The van der Waals surface area contributed by atoms with Crippen molar-refractivity contribution in [2.24, 2.45) is 5.73 Å². The number of carbonyl (C=O) groups excluding carboxylic acids is 2. The molecule has 3 aromatic carbocycles. The number of hydrogen-bond donors (Lipinski definition) is 2. The molecule has 0 aliphatic carbocycles. The summed E-state index contributed by atoms with van der Waals surface area (Å²) in [7, 11) is 0. The molecular formula is C28H25Br2NO4. The normalized spacial score (nSPS) is 11.1. The van der Waals surface area contributed by atoms with Crippen molar-refractivity contribution in [3.8, 4) is 5.75 Å². The van der Waals surface area contributed by atoms with Gasteiger partial charge in [0.25, 0.3) is 0 Å². The fourth-order valence-electron chi connectivity index (χ4n) is 4.18. The van der Waals surface area contributed by atoms with Gasteiger partial charge in [-0.3, -0.25) is 9.59 Å². The zero-order valence-electron chi connectivity index (χ0n) is 19.0. The highest BCUT2D eigenvalue weighted by atomic mass is 79.9. The van der Waals surface area contributed by atoms with Crippen molar-refractivity contribution in [3.05, 3.63) is 97.6 Å². The van der Waals surface area contributed by atoms with Crippen LogP contribution in [0.1, 0.15) is 52.1 Å². The molecule has 4 aromatic rings.